The second-order valence-corrected chi connectivity index (χ2v) is 5.90. The predicted octanol–water partition coefficient (Wildman–Crippen LogP) is 4.17. The van der Waals surface area contributed by atoms with Crippen molar-refractivity contribution in [3.63, 3.8) is 0 Å². The molecule has 2 rings (SSSR count). The van der Waals surface area contributed by atoms with E-state index in [0.717, 1.165) is 6.42 Å². The van der Waals surface area contributed by atoms with Crippen LogP contribution in [0, 0.1) is 17.2 Å². The van der Waals surface area contributed by atoms with Crippen molar-refractivity contribution < 1.29 is 13.9 Å². The molecule has 0 radical (unpaired) electrons. The lowest BCUT2D eigenvalue weighted by molar-refractivity contribution is 0.351. The van der Waals surface area contributed by atoms with Crippen molar-refractivity contribution in [2.45, 2.75) is 25.6 Å². The summed E-state index contributed by atoms with van der Waals surface area (Å²) in [7, 11) is 3.02. The molecule has 2 nitrogen and oxygen atoms in total. The smallest absolute Gasteiger partial charge is 0.163 e. The highest BCUT2D eigenvalue weighted by molar-refractivity contribution is 6.21. The number of methoxy groups -OCH3 is 2. The minimum absolute atomic E-state index is 0.200. The van der Waals surface area contributed by atoms with Gasteiger partial charge >= 0.3 is 0 Å². The summed E-state index contributed by atoms with van der Waals surface area (Å²) in [5.41, 5.74) is 0.691. The Morgan fingerprint density at radius 1 is 1.28 bits per heavy atom. The molecule has 1 aliphatic rings. The number of hydrogen-bond acceptors (Lipinski definition) is 2. The number of hydrogen-bond donors (Lipinski definition) is 0. The number of halogens is 2. The molecule has 0 aliphatic heterocycles. The van der Waals surface area contributed by atoms with Crippen molar-refractivity contribution in [3.05, 3.63) is 23.5 Å². The highest BCUT2D eigenvalue weighted by Crippen LogP contribution is 2.60. The van der Waals surface area contributed by atoms with Crippen LogP contribution < -0.4 is 9.47 Å². The molecule has 1 aromatic carbocycles. The van der Waals surface area contributed by atoms with Gasteiger partial charge in [0.1, 0.15) is 5.82 Å². The zero-order valence-electron chi connectivity index (χ0n) is 11.1. The molecule has 0 bridgehead atoms. The molecule has 0 heterocycles. The SMILES string of the molecule is COc1cc(F)c(C(Cl)C2CC2(C)C)cc1OC. The first kappa shape index (κ1) is 13.5. The summed E-state index contributed by atoms with van der Waals surface area (Å²) in [6, 6.07) is 2.97. The summed E-state index contributed by atoms with van der Waals surface area (Å²) in [6.45, 7) is 4.29. The molecule has 1 aromatic rings. The molecule has 0 spiro atoms. The van der Waals surface area contributed by atoms with Gasteiger partial charge in [-0.2, -0.15) is 0 Å². The molecular weight excluding hydrogens is 255 g/mol. The minimum Gasteiger partial charge on any atom is -0.493 e. The molecule has 4 heteroatoms. The topological polar surface area (TPSA) is 18.5 Å². The molecule has 0 amide bonds. The summed E-state index contributed by atoms with van der Waals surface area (Å²) in [5.74, 6) is 0.873. The number of rotatable bonds is 4. The van der Waals surface area contributed by atoms with Gasteiger partial charge in [0, 0.05) is 11.6 Å². The van der Waals surface area contributed by atoms with Crippen molar-refractivity contribution in [1.29, 1.82) is 0 Å². The first-order valence-electron chi connectivity index (χ1n) is 5.96. The molecule has 2 unspecified atom stereocenters. The second-order valence-electron chi connectivity index (χ2n) is 5.43. The third-order valence-electron chi connectivity index (χ3n) is 3.74. The van der Waals surface area contributed by atoms with Crippen molar-refractivity contribution in [3.8, 4) is 11.5 Å². The van der Waals surface area contributed by atoms with Gasteiger partial charge in [0.15, 0.2) is 11.5 Å². The Labute approximate surface area is 112 Å². The van der Waals surface area contributed by atoms with Gasteiger partial charge < -0.3 is 9.47 Å². The van der Waals surface area contributed by atoms with Gasteiger partial charge in [0.25, 0.3) is 0 Å². The Morgan fingerprint density at radius 3 is 2.22 bits per heavy atom. The van der Waals surface area contributed by atoms with Crippen LogP contribution in [-0.2, 0) is 0 Å². The average molecular weight is 273 g/mol. The van der Waals surface area contributed by atoms with E-state index in [4.69, 9.17) is 21.1 Å². The Morgan fingerprint density at radius 2 is 1.78 bits per heavy atom. The van der Waals surface area contributed by atoms with Gasteiger partial charge in [0.2, 0.25) is 0 Å². The van der Waals surface area contributed by atoms with E-state index in [0.29, 0.717) is 23.0 Å². The van der Waals surface area contributed by atoms with Crippen molar-refractivity contribution >= 4 is 11.6 Å². The molecule has 2 atom stereocenters. The van der Waals surface area contributed by atoms with Crippen LogP contribution in [0.1, 0.15) is 31.2 Å². The van der Waals surface area contributed by atoms with Crippen LogP contribution in [0.3, 0.4) is 0 Å². The first-order valence-corrected chi connectivity index (χ1v) is 6.40. The van der Waals surface area contributed by atoms with Crippen LogP contribution in [0.5, 0.6) is 11.5 Å². The van der Waals surface area contributed by atoms with E-state index in [1.165, 1.54) is 20.3 Å². The third kappa shape index (κ3) is 2.28. The maximum Gasteiger partial charge on any atom is 0.163 e. The summed E-state index contributed by atoms with van der Waals surface area (Å²) in [5, 5.41) is -0.320. The van der Waals surface area contributed by atoms with Crippen LogP contribution in [0.4, 0.5) is 4.39 Å². The molecule has 1 saturated carbocycles. The van der Waals surface area contributed by atoms with E-state index in [2.05, 4.69) is 13.8 Å². The van der Waals surface area contributed by atoms with E-state index >= 15 is 0 Å². The summed E-state index contributed by atoms with van der Waals surface area (Å²) in [4.78, 5) is 0. The van der Waals surface area contributed by atoms with E-state index < -0.39 is 0 Å². The first-order chi connectivity index (χ1) is 8.40. The molecule has 1 fully saturated rings. The van der Waals surface area contributed by atoms with E-state index in [1.54, 1.807) is 6.07 Å². The van der Waals surface area contributed by atoms with Gasteiger partial charge in [0.05, 0.1) is 19.6 Å². The second kappa shape index (κ2) is 4.61. The minimum atomic E-state index is -0.338. The lowest BCUT2D eigenvalue weighted by atomic mass is 10.0. The molecule has 18 heavy (non-hydrogen) atoms. The predicted molar refractivity (Wildman–Crippen MR) is 70.0 cm³/mol. The Kier molecular flexibility index (Phi) is 3.45. The zero-order valence-corrected chi connectivity index (χ0v) is 11.8. The fraction of sp³-hybridized carbons (Fsp3) is 0.571. The van der Waals surface area contributed by atoms with Crippen LogP contribution >= 0.6 is 11.6 Å². The van der Waals surface area contributed by atoms with Crippen molar-refractivity contribution in [2.24, 2.45) is 11.3 Å². The van der Waals surface area contributed by atoms with Gasteiger partial charge in [-0.3, -0.25) is 0 Å². The maximum absolute atomic E-state index is 14.0. The lowest BCUT2D eigenvalue weighted by Gasteiger charge is -2.16. The van der Waals surface area contributed by atoms with Gasteiger partial charge in [-0.25, -0.2) is 4.39 Å². The average Bonchev–Trinajstić information content (AvgIpc) is 2.97. The van der Waals surface area contributed by atoms with Crippen LogP contribution in [-0.4, -0.2) is 14.2 Å². The van der Waals surface area contributed by atoms with E-state index in [9.17, 15) is 4.39 Å². The quantitative estimate of drug-likeness (QED) is 0.766. The summed E-state index contributed by atoms with van der Waals surface area (Å²) in [6.07, 6.45) is 1.02. The third-order valence-corrected chi connectivity index (χ3v) is 4.28. The molecule has 0 aromatic heterocycles. The van der Waals surface area contributed by atoms with Gasteiger partial charge in [-0.05, 0) is 23.8 Å². The van der Waals surface area contributed by atoms with Crippen LogP contribution in [0.2, 0.25) is 0 Å². The number of alkyl halides is 1. The molecule has 0 N–H and O–H groups in total. The Hall–Kier alpha value is -0.960. The number of ether oxygens (including phenoxy) is 2. The normalized spacial score (nSPS) is 22.4. The fourth-order valence-corrected chi connectivity index (χ4v) is 2.90. The zero-order chi connectivity index (χ0) is 13.5. The number of benzene rings is 1. The monoisotopic (exact) mass is 272 g/mol. The summed E-state index contributed by atoms with van der Waals surface area (Å²) < 4.78 is 24.3. The lowest BCUT2D eigenvalue weighted by Crippen LogP contribution is -2.03. The highest BCUT2D eigenvalue weighted by Gasteiger charge is 2.50. The van der Waals surface area contributed by atoms with E-state index in [1.807, 2.05) is 0 Å². The maximum atomic E-state index is 14.0. The van der Waals surface area contributed by atoms with E-state index in [-0.39, 0.29) is 16.6 Å². The van der Waals surface area contributed by atoms with Crippen LogP contribution in [0.25, 0.3) is 0 Å². The standard InChI is InChI=1S/C14H18ClFO2/c1-14(2)7-9(14)13(15)8-5-11(17-3)12(18-4)6-10(8)16/h5-6,9,13H,7H2,1-4H3. The highest BCUT2D eigenvalue weighted by atomic mass is 35.5. The van der Waals surface area contributed by atoms with Gasteiger partial charge in [-0.15, -0.1) is 11.6 Å². The summed E-state index contributed by atoms with van der Waals surface area (Å²) >= 11 is 6.38. The Balaban J connectivity index is 2.33. The molecular formula is C14H18ClFO2. The fourth-order valence-electron chi connectivity index (χ4n) is 2.31. The molecule has 1 aliphatic carbocycles. The molecule has 100 valence electrons. The largest absolute Gasteiger partial charge is 0.493 e. The van der Waals surface area contributed by atoms with Gasteiger partial charge in [-0.1, -0.05) is 13.8 Å². The van der Waals surface area contributed by atoms with Crippen molar-refractivity contribution in [2.75, 3.05) is 14.2 Å². The molecule has 0 saturated heterocycles. The Bertz CT molecular complexity index is 459. The van der Waals surface area contributed by atoms with Crippen LogP contribution in [0.15, 0.2) is 12.1 Å². The van der Waals surface area contributed by atoms with Crippen molar-refractivity contribution in [1.82, 2.24) is 0 Å².